The number of pyridine rings is 1. The third kappa shape index (κ3) is 2.51. The van der Waals surface area contributed by atoms with Gasteiger partial charge in [-0.05, 0) is 31.9 Å². The maximum atomic E-state index is 12.4. The minimum atomic E-state index is -3.53. The molecular formula is C12H19N5O2S. The molecule has 1 aromatic rings. The molecule has 8 heteroatoms. The molecule has 110 valence electrons. The van der Waals surface area contributed by atoms with E-state index in [9.17, 15) is 8.42 Å². The van der Waals surface area contributed by atoms with Crippen molar-refractivity contribution in [1.82, 2.24) is 14.6 Å². The fourth-order valence-corrected chi connectivity index (χ4v) is 4.46. The van der Waals surface area contributed by atoms with Crippen LogP contribution < -0.4 is 16.0 Å². The summed E-state index contributed by atoms with van der Waals surface area (Å²) < 4.78 is 27.7. The Labute approximate surface area is 118 Å². The van der Waals surface area contributed by atoms with Gasteiger partial charge in [0.2, 0.25) is 10.0 Å². The van der Waals surface area contributed by atoms with E-state index in [1.165, 1.54) is 18.3 Å². The number of nitrogens with zero attached hydrogens (tertiary/aromatic N) is 2. The number of nitrogen functional groups attached to an aromatic ring is 1. The van der Waals surface area contributed by atoms with E-state index in [0.717, 1.165) is 32.4 Å². The summed E-state index contributed by atoms with van der Waals surface area (Å²) in [5.74, 6) is 5.60. The lowest BCUT2D eigenvalue weighted by Gasteiger charge is -2.21. The highest BCUT2D eigenvalue weighted by atomic mass is 32.2. The average molecular weight is 297 g/mol. The molecule has 2 unspecified atom stereocenters. The minimum Gasteiger partial charge on any atom is -0.308 e. The van der Waals surface area contributed by atoms with Crippen molar-refractivity contribution in [3.8, 4) is 0 Å². The lowest BCUT2D eigenvalue weighted by molar-refractivity contribution is 0.309. The summed E-state index contributed by atoms with van der Waals surface area (Å²) in [5.41, 5.74) is 2.36. The molecule has 0 radical (unpaired) electrons. The summed E-state index contributed by atoms with van der Waals surface area (Å²) in [6, 6.07) is 3.26. The first-order valence-corrected chi connectivity index (χ1v) is 8.27. The number of sulfonamides is 1. The van der Waals surface area contributed by atoms with Gasteiger partial charge in [-0.1, -0.05) is 0 Å². The Hall–Kier alpha value is -1.22. The maximum Gasteiger partial charge on any atom is 0.241 e. The molecule has 0 spiro atoms. The van der Waals surface area contributed by atoms with Crippen molar-refractivity contribution in [2.75, 3.05) is 18.5 Å². The van der Waals surface area contributed by atoms with Crippen molar-refractivity contribution in [3.05, 3.63) is 18.3 Å². The lowest BCUT2D eigenvalue weighted by Crippen LogP contribution is -2.42. The zero-order valence-electron chi connectivity index (χ0n) is 11.1. The van der Waals surface area contributed by atoms with Crippen molar-refractivity contribution < 1.29 is 8.42 Å². The SMILES string of the molecule is NNc1cc(S(=O)(=O)NC2CCN3CCCC23)ccn1. The van der Waals surface area contributed by atoms with Gasteiger partial charge in [-0.2, -0.15) is 0 Å². The smallest absolute Gasteiger partial charge is 0.241 e. The highest BCUT2D eigenvalue weighted by Crippen LogP contribution is 2.29. The van der Waals surface area contributed by atoms with E-state index in [0.29, 0.717) is 11.9 Å². The molecule has 0 aromatic carbocycles. The van der Waals surface area contributed by atoms with Gasteiger partial charge in [0.25, 0.3) is 0 Å². The Bertz CT molecular complexity index is 591. The van der Waals surface area contributed by atoms with Crippen molar-refractivity contribution in [1.29, 1.82) is 0 Å². The Balaban J connectivity index is 1.78. The lowest BCUT2D eigenvalue weighted by atomic mass is 10.1. The van der Waals surface area contributed by atoms with Crippen LogP contribution in [-0.2, 0) is 10.0 Å². The van der Waals surface area contributed by atoms with Crippen LogP contribution in [0.4, 0.5) is 5.82 Å². The predicted octanol–water partition coefficient (Wildman–Crippen LogP) is -0.118. The van der Waals surface area contributed by atoms with E-state index in [1.54, 1.807) is 0 Å². The monoisotopic (exact) mass is 297 g/mol. The molecule has 0 aliphatic carbocycles. The summed E-state index contributed by atoms with van der Waals surface area (Å²) in [4.78, 5) is 6.48. The zero-order valence-corrected chi connectivity index (χ0v) is 11.9. The normalized spacial score (nSPS) is 26.6. The van der Waals surface area contributed by atoms with Crippen molar-refractivity contribution in [3.63, 3.8) is 0 Å². The summed E-state index contributed by atoms with van der Waals surface area (Å²) in [6.45, 7) is 2.06. The van der Waals surface area contributed by atoms with Crippen LogP contribution in [0.15, 0.2) is 23.2 Å². The van der Waals surface area contributed by atoms with Crippen LogP contribution in [0.5, 0.6) is 0 Å². The molecule has 0 bridgehead atoms. The van der Waals surface area contributed by atoms with Gasteiger partial charge < -0.3 is 5.43 Å². The Morgan fingerprint density at radius 3 is 3.00 bits per heavy atom. The van der Waals surface area contributed by atoms with E-state index >= 15 is 0 Å². The van der Waals surface area contributed by atoms with Crippen molar-refractivity contribution in [2.45, 2.75) is 36.2 Å². The van der Waals surface area contributed by atoms with Gasteiger partial charge in [-0.15, -0.1) is 0 Å². The first kappa shape index (κ1) is 13.7. The molecule has 3 heterocycles. The third-order valence-corrected chi connectivity index (χ3v) is 5.59. The fraction of sp³-hybridized carbons (Fsp3) is 0.583. The molecule has 2 aliphatic heterocycles. The molecule has 2 fully saturated rings. The quantitative estimate of drug-likeness (QED) is 0.529. The highest BCUT2D eigenvalue weighted by molar-refractivity contribution is 7.89. The van der Waals surface area contributed by atoms with Gasteiger partial charge in [0.15, 0.2) is 0 Å². The number of hydrogen-bond acceptors (Lipinski definition) is 6. The van der Waals surface area contributed by atoms with E-state index in [-0.39, 0.29) is 10.9 Å². The number of hydrogen-bond donors (Lipinski definition) is 3. The van der Waals surface area contributed by atoms with Gasteiger partial charge in [0.05, 0.1) is 4.90 Å². The standard InChI is InChI=1S/C12H19N5O2S/c13-15-12-8-9(3-5-14-12)20(18,19)16-10-4-7-17-6-1-2-11(10)17/h3,5,8,10-11,16H,1-2,4,6-7,13H2,(H,14,15). The van der Waals surface area contributed by atoms with Crippen LogP contribution >= 0.6 is 0 Å². The largest absolute Gasteiger partial charge is 0.308 e. The van der Waals surface area contributed by atoms with Crippen molar-refractivity contribution in [2.24, 2.45) is 5.84 Å². The van der Waals surface area contributed by atoms with Gasteiger partial charge in [-0.25, -0.2) is 24.0 Å². The van der Waals surface area contributed by atoms with Gasteiger partial charge in [-0.3, -0.25) is 4.90 Å². The number of nitrogens with one attached hydrogen (secondary N) is 2. The third-order valence-electron chi connectivity index (χ3n) is 4.10. The van der Waals surface area contributed by atoms with Crippen LogP contribution in [-0.4, -0.2) is 43.5 Å². The summed E-state index contributed by atoms with van der Waals surface area (Å²) in [6.07, 6.45) is 4.52. The number of rotatable bonds is 4. The number of anilines is 1. The Morgan fingerprint density at radius 1 is 1.35 bits per heavy atom. The molecule has 2 saturated heterocycles. The Kier molecular flexibility index (Phi) is 3.63. The molecular weight excluding hydrogens is 278 g/mol. The maximum absolute atomic E-state index is 12.4. The highest BCUT2D eigenvalue weighted by Gasteiger charge is 2.39. The van der Waals surface area contributed by atoms with Crippen LogP contribution in [0.3, 0.4) is 0 Å². The Morgan fingerprint density at radius 2 is 2.20 bits per heavy atom. The second kappa shape index (κ2) is 5.28. The van der Waals surface area contributed by atoms with E-state index < -0.39 is 10.0 Å². The molecule has 3 rings (SSSR count). The van der Waals surface area contributed by atoms with E-state index in [2.05, 4.69) is 20.0 Å². The van der Waals surface area contributed by atoms with E-state index in [1.807, 2.05) is 0 Å². The van der Waals surface area contributed by atoms with Gasteiger partial charge in [0.1, 0.15) is 5.82 Å². The average Bonchev–Trinajstić information content (AvgIpc) is 3.04. The van der Waals surface area contributed by atoms with Crippen molar-refractivity contribution >= 4 is 15.8 Å². The molecule has 1 aromatic heterocycles. The summed E-state index contributed by atoms with van der Waals surface area (Å²) in [7, 11) is -3.53. The first-order valence-electron chi connectivity index (χ1n) is 6.79. The second-order valence-electron chi connectivity index (χ2n) is 5.28. The van der Waals surface area contributed by atoms with Gasteiger partial charge in [0, 0.05) is 30.9 Å². The first-order chi connectivity index (χ1) is 9.60. The van der Waals surface area contributed by atoms with Crippen LogP contribution in [0.1, 0.15) is 19.3 Å². The second-order valence-corrected chi connectivity index (χ2v) is 7.00. The van der Waals surface area contributed by atoms with Crippen LogP contribution in [0.25, 0.3) is 0 Å². The number of fused-ring (bicyclic) bond motifs is 1. The topological polar surface area (TPSA) is 100 Å². The van der Waals surface area contributed by atoms with Gasteiger partial charge >= 0.3 is 0 Å². The predicted molar refractivity (Wildman–Crippen MR) is 75.4 cm³/mol. The molecule has 2 aliphatic rings. The number of aromatic nitrogens is 1. The fourth-order valence-electron chi connectivity index (χ4n) is 3.14. The summed E-state index contributed by atoms with van der Waals surface area (Å²) in [5, 5.41) is 0. The minimum absolute atomic E-state index is 0.00458. The molecule has 7 nitrogen and oxygen atoms in total. The molecule has 0 saturated carbocycles. The molecule has 0 amide bonds. The van der Waals surface area contributed by atoms with Crippen LogP contribution in [0.2, 0.25) is 0 Å². The molecule has 2 atom stereocenters. The molecule has 20 heavy (non-hydrogen) atoms. The number of nitrogens with two attached hydrogens (primary N) is 1. The zero-order chi connectivity index (χ0) is 14.2. The van der Waals surface area contributed by atoms with E-state index in [4.69, 9.17) is 5.84 Å². The molecule has 4 N–H and O–H groups in total. The summed E-state index contributed by atoms with van der Waals surface area (Å²) >= 11 is 0. The number of hydrazine groups is 1. The van der Waals surface area contributed by atoms with Crippen LogP contribution in [0, 0.1) is 0 Å².